The highest BCUT2D eigenvalue weighted by molar-refractivity contribution is 5.31. The molecule has 3 heteroatoms. The SMILES string of the molecule is Cc1ccccc1OCC(O)CN1CC2CCC1C2. The average molecular weight is 261 g/mol. The summed E-state index contributed by atoms with van der Waals surface area (Å²) in [5, 5.41) is 10.1. The van der Waals surface area contributed by atoms with Crippen molar-refractivity contribution >= 4 is 0 Å². The van der Waals surface area contributed by atoms with Gasteiger partial charge in [-0.2, -0.15) is 0 Å². The van der Waals surface area contributed by atoms with Crippen LogP contribution >= 0.6 is 0 Å². The molecule has 1 heterocycles. The predicted octanol–water partition coefficient (Wildman–Crippen LogP) is 2.22. The van der Waals surface area contributed by atoms with Crippen molar-refractivity contribution in [3.05, 3.63) is 29.8 Å². The maximum atomic E-state index is 10.1. The molecule has 1 aliphatic heterocycles. The molecular weight excluding hydrogens is 238 g/mol. The molecule has 2 aliphatic rings. The summed E-state index contributed by atoms with van der Waals surface area (Å²) in [5.74, 6) is 1.76. The first-order chi connectivity index (χ1) is 9.22. The van der Waals surface area contributed by atoms with E-state index in [0.717, 1.165) is 29.8 Å². The van der Waals surface area contributed by atoms with E-state index >= 15 is 0 Å². The summed E-state index contributed by atoms with van der Waals surface area (Å²) in [6.07, 6.45) is 3.65. The molecular formula is C16H23NO2. The van der Waals surface area contributed by atoms with Crippen molar-refractivity contribution in [2.45, 2.75) is 38.3 Å². The van der Waals surface area contributed by atoms with Crippen molar-refractivity contribution in [2.75, 3.05) is 19.7 Å². The Bertz CT molecular complexity index is 435. The van der Waals surface area contributed by atoms with Gasteiger partial charge in [-0.05, 0) is 43.7 Å². The van der Waals surface area contributed by atoms with Crippen LogP contribution in [0.2, 0.25) is 0 Å². The van der Waals surface area contributed by atoms with Gasteiger partial charge in [-0.15, -0.1) is 0 Å². The first kappa shape index (κ1) is 12.9. The smallest absolute Gasteiger partial charge is 0.122 e. The topological polar surface area (TPSA) is 32.7 Å². The average Bonchev–Trinajstić information content (AvgIpc) is 3.00. The molecule has 0 amide bonds. The van der Waals surface area contributed by atoms with Gasteiger partial charge in [-0.1, -0.05) is 18.2 Å². The van der Waals surface area contributed by atoms with Crippen LogP contribution < -0.4 is 4.74 Å². The van der Waals surface area contributed by atoms with Gasteiger partial charge in [0.2, 0.25) is 0 Å². The van der Waals surface area contributed by atoms with Crippen LogP contribution in [0, 0.1) is 12.8 Å². The van der Waals surface area contributed by atoms with Crippen molar-refractivity contribution in [3.63, 3.8) is 0 Å². The second-order valence-electron chi connectivity index (χ2n) is 6.02. The van der Waals surface area contributed by atoms with E-state index in [2.05, 4.69) is 4.90 Å². The molecule has 19 heavy (non-hydrogen) atoms. The molecule has 0 aromatic heterocycles. The summed E-state index contributed by atoms with van der Waals surface area (Å²) < 4.78 is 5.71. The quantitative estimate of drug-likeness (QED) is 0.882. The maximum absolute atomic E-state index is 10.1. The molecule has 3 rings (SSSR count). The van der Waals surface area contributed by atoms with E-state index in [1.54, 1.807) is 0 Å². The van der Waals surface area contributed by atoms with Gasteiger partial charge in [-0.25, -0.2) is 0 Å². The first-order valence-electron chi connectivity index (χ1n) is 7.33. The molecule has 0 spiro atoms. The number of rotatable bonds is 5. The summed E-state index contributed by atoms with van der Waals surface area (Å²) in [6, 6.07) is 8.67. The van der Waals surface area contributed by atoms with Crippen molar-refractivity contribution in [1.82, 2.24) is 4.90 Å². The van der Waals surface area contributed by atoms with Crippen LogP contribution in [-0.4, -0.2) is 41.8 Å². The van der Waals surface area contributed by atoms with Gasteiger partial charge < -0.3 is 9.84 Å². The van der Waals surface area contributed by atoms with Crippen molar-refractivity contribution in [3.8, 4) is 5.75 Å². The zero-order valence-electron chi connectivity index (χ0n) is 11.6. The van der Waals surface area contributed by atoms with E-state index in [0.29, 0.717) is 6.61 Å². The lowest BCUT2D eigenvalue weighted by molar-refractivity contribution is 0.0571. The Labute approximate surface area is 115 Å². The number of aliphatic hydroxyl groups excluding tert-OH is 1. The van der Waals surface area contributed by atoms with E-state index in [1.165, 1.54) is 25.8 Å². The first-order valence-corrected chi connectivity index (χ1v) is 7.33. The van der Waals surface area contributed by atoms with Crippen LogP contribution in [-0.2, 0) is 0 Å². The maximum Gasteiger partial charge on any atom is 0.122 e. The van der Waals surface area contributed by atoms with Gasteiger partial charge in [0.25, 0.3) is 0 Å². The Morgan fingerprint density at radius 2 is 2.21 bits per heavy atom. The monoisotopic (exact) mass is 261 g/mol. The fourth-order valence-corrected chi connectivity index (χ4v) is 3.48. The van der Waals surface area contributed by atoms with Crippen molar-refractivity contribution < 1.29 is 9.84 Å². The number of piperidine rings is 1. The van der Waals surface area contributed by atoms with Gasteiger partial charge in [0.1, 0.15) is 18.5 Å². The Balaban J connectivity index is 1.47. The molecule has 3 atom stereocenters. The summed E-state index contributed by atoms with van der Waals surface area (Å²) in [4.78, 5) is 2.44. The highest BCUT2D eigenvalue weighted by Gasteiger charge is 2.38. The molecule has 1 aliphatic carbocycles. The fraction of sp³-hybridized carbons (Fsp3) is 0.625. The number of hydrogen-bond acceptors (Lipinski definition) is 3. The Morgan fingerprint density at radius 1 is 1.37 bits per heavy atom. The molecule has 1 N–H and O–H groups in total. The summed E-state index contributed by atoms with van der Waals surface area (Å²) >= 11 is 0. The van der Waals surface area contributed by atoms with Gasteiger partial charge in [0.15, 0.2) is 0 Å². The minimum absolute atomic E-state index is 0.388. The number of fused-ring (bicyclic) bond motifs is 2. The third-order valence-electron chi connectivity index (χ3n) is 4.49. The third-order valence-corrected chi connectivity index (χ3v) is 4.49. The minimum Gasteiger partial charge on any atom is -0.491 e. The molecule has 1 aromatic carbocycles. The Kier molecular flexibility index (Phi) is 3.76. The summed E-state index contributed by atoms with van der Waals surface area (Å²) in [5.41, 5.74) is 1.12. The van der Waals surface area contributed by atoms with Crippen LogP contribution in [0.3, 0.4) is 0 Å². The second kappa shape index (κ2) is 5.51. The van der Waals surface area contributed by atoms with E-state index in [1.807, 2.05) is 31.2 Å². The fourth-order valence-electron chi connectivity index (χ4n) is 3.48. The number of nitrogens with zero attached hydrogens (tertiary/aromatic N) is 1. The van der Waals surface area contributed by atoms with Crippen molar-refractivity contribution in [2.24, 2.45) is 5.92 Å². The lowest BCUT2D eigenvalue weighted by Gasteiger charge is -2.28. The zero-order valence-corrected chi connectivity index (χ0v) is 11.6. The Hall–Kier alpha value is -1.06. The second-order valence-corrected chi connectivity index (χ2v) is 6.02. The number of β-amino-alcohol motifs (C(OH)–C–C–N with tert-alkyl or cyclic N) is 1. The van der Waals surface area contributed by atoms with Gasteiger partial charge >= 0.3 is 0 Å². The van der Waals surface area contributed by atoms with Crippen LogP contribution in [0.5, 0.6) is 5.75 Å². The highest BCUT2D eigenvalue weighted by atomic mass is 16.5. The number of ether oxygens (including phenoxy) is 1. The lowest BCUT2D eigenvalue weighted by atomic mass is 10.1. The van der Waals surface area contributed by atoms with Gasteiger partial charge in [0.05, 0.1) is 0 Å². The molecule has 104 valence electrons. The highest BCUT2D eigenvalue weighted by Crippen LogP contribution is 2.37. The van der Waals surface area contributed by atoms with Crippen LogP contribution in [0.4, 0.5) is 0 Å². The summed E-state index contributed by atoms with van der Waals surface area (Å²) in [7, 11) is 0. The predicted molar refractivity (Wildman–Crippen MR) is 75.4 cm³/mol. The number of benzene rings is 1. The summed E-state index contributed by atoms with van der Waals surface area (Å²) in [6.45, 7) is 4.35. The molecule has 3 unspecified atom stereocenters. The molecule has 0 radical (unpaired) electrons. The van der Waals surface area contributed by atoms with Gasteiger partial charge in [0, 0.05) is 19.1 Å². The Morgan fingerprint density at radius 3 is 2.89 bits per heavy atom. The van der Waals surface area contributed by atoms with Gasteiger partial charge in [-0.3, -0.25) is 4.90 Å². The standard InChI is InChI=1S/C16H23NO2/c1-12-4-2-3-5-16(12)19-11-15(18)10-17-9-13-6-7-14(17)8-13/h2-5,13-15,18H,6-11H2,1H3. The molecule has 1 saturated carbocycles. The van der Waals surface area contributed by atoms with Crippen LogP contribution in [0.1, 0.15) is 24.8 Å². The normalized spacial score (nSPS) is 27.7. The van der Waals surface area contributed by atoms with E-state index < -0.39 is 0 Å². The number of aliphatic hydroxyl groups is 1. The largest absolute Gasteiger partial charge is 0.491 e. The zero-order chi connectivity index (χ0) is 13.2. The third kappa shape index (κ3) is 2.93. The van der Waals surface area contributed by atoms with Crippen LogP contribution in [0.15, 0.2) is 24.3 Å². The lowest BCUT2D eigenvalue weighted by Crippen LogP contribution is -2.40. The number of aryl methyl sites for hydroxylation is 1. The van der Waals surface area contributed by atoms with E-state index in [4.69, 9.17) is 4.74 Å². The van der Waals surface area contributed by atoms with Crippen LogP contribution in [0.25, 0.3) is 0 Å². The number of hydrogen-bond donors (Lipinski definition) is 1. The van der Waals surface area contributed by atoms with E-state index in [-0.39, 0.29) is 6.10 Å². The van der Waals surface area contributed by atoms with Crippen molar-refractivity contribution in [1.29, 1.82) is 0 Å². The molecule has 2 bridgehead atoms. The molecule has 2 fully saturated rings. The molecule has 3 nitrogen and oxygen atoms in total. The minimum atomic E-state index is -0.390. The number of para-hydroxylation sites is 1. The molecule has 1 saturated heterocycles. The molecule has 1 aromatic rings. The number of likely N-dealkylation sites (tertiary alicyclic amines) is 1. The van der Waals surface area contributed by atoms with E-state index in [9.17, 15) is 5.11 Å².